The summed E-state index contributed by atoms with van der Waals surface area (Å²) in [4.78, 5) is 12.8. The van der Waals surface area contributed by atoms with Crippen LogP contribution in [0, 0.1) is 0 Å². The summed E-state index contributed by atoms with van der Waals surface area (Å²) >= 11 is 1.47. The molecule has 2 aromatic heterocycles. The van der Waals surface area contributed by atoms with Crippen molar-refractivity contribution in [1.82, 2.24) is 14.3 Å². The third-order valence-electron chi connectivity index (χ3n) is 7.27. The Morgan fingerprint density at radius 2 is 1.75 bits per heavy atom. The number of anilines is 2. The van der Waals surface area contributed by atoms with Gasteiger partial charge >= 0.3 is 6.18 Å². The van der Waals surface area contributed by atoms with Crippen molar-refractivity contribution in [2.24, 2.45) is 0 Å². The van der Waals surface area contributed by atoms with Crippen molar-refractivity contribution in [2.45, 2.75) is 38.0 Å². The molecule has 5 rings (SSSR count). The number of rotatable bonds is 9. The molecule has 0 bridgehead atoms. The fourth-order valence-electron chi connectivity index (χ4n) is 4.98. The molecule has 0 spiro atoms. The Hall–Kier alpha value is -2.68. The van der Waals surface area contributed by atoms with E-state index in [1.165, 1.54) is 21.7 Å². The van der Waals surface area contributed by atoms with Crippen molar-refractivity contribution in [3.05, 3.63) is 42.1 Å². The van der Waals surface area contributed by atoms with Crippen molar-refractivity contribution in [3.63, 3.8) is 0 Å². The number of piperazine rings is 1. The smallest absolute Gasteiger partial charge is 0.417 e. The number of pyridine rings is 1. The molecule has 3 aromatic rings. The van der Waals surface area contributed by atoms with Gasteiger partial charge in [0.25, 0.3) is 5.19 Å². The number of piperidine rings is 1. The normalized spacial score (nSPS) is 18.0. The molecular weight excluding hydrogens is 567 g/mol. The molecule has 1 N–H and O–H groups in total. The molecule has 2 aliphatic rings. The first-order valence-corrected chi connectivity index (χ1v) is 15.7. The number of unbranched alkanes of at least 4 members (excludes halogenated alkanes) is 1. The molecule has 9 nitrogen and oxygen atoms in total. The van der Waals surface area contributed by atoms with Crippen molar-refractivity contribution in [3.8, 4) is 5.19 Å². The van der Waals surface area contributed by atoms with Crippen LogP contribution >= 0.6 is 11.3 Å². The Morgan fingerprint density at radius 3 is 2.40 bits per heavy atom. The van der Waals surface area contributed by atoms with Gasteiger partial charge in [-0.15, -0.1) is 0 Å². The van der Waals surface area contributed by atoms with Gasteiger partial charge in [-0.05, 0) is 43.2 Å². The van der Waals surface area contributed by atoms with Crippen LogP contribution in [-0.2, 0) is 16.2 Å². The van der Waals surface area contributed by atoms with Crippen molar-refractivity contribution < 1.29 is 31.4 Å². The second kappa shape index (κ2) is 12.0. The topological polar surface area (TPSA) is 99.1 Å². The van der Waals surface area contributed by atoms with E-state index in [0.29, 0.717) is 76.0 Å². The van der Waals surface area contributed by atoms with Crippen LogP contribution in [-0.4, -0.2) is 85.5 Å². The zero-order valence-electron chi connectivity index (χ0n) is 21.9. The van der Waals surface area contributed by atoms with Crippen LogP contribution in [0.15, 0.2) is 36.5 Å². The predicted molar refractivity (Wildman–Crippen MR) is 149 cm³/mol. The third kappa shape index (κ3) is 6.78. The highest BCUT2D eigenvalue weighted by Gasteiger charge is 2.31. The largest absolute Gasteiger partial charge is 0.467 e. The summed E-state index contributed by atoms with van der Waals surface area (Å²) in [7, 11) is -3.31. The Bertz CT molecular complexity index is 1390. The number of nitrogens with zero attached hydrogens (tertiary/aromatic N) is 5. The molecule has 4 heterocycles. The lowest BCUT2D eigenvalue weighted by Crippen LogP contribution is -2.49. The van der Waals surface area contributed by atoms with Gasteiger partial charge in [-0.1, -0.05) is 11.3 Å². The van der Waals surface area contributed by atoms with Gasteiger partial charge in [-0.2, -0.15) is 17.5 Å². The van der Waals surface area contributed by atoms with Gasteiger partial charge in [-0.3, -0.25) is 0 Å². The number of aliphatic hydroxyl groups is 1. The lowest BCUT2D eigenvalue weighted by Gasteiger charge is -2.35. The van der Waals surface area contributed by atoms with E-state index in [-0.39, 0.29) is 18.5 Å². The van der Waals surface area contributed by atoms with Gasteiger partial charge < -0.3 is 19.6 Å². The molecule has 14 heteroatoms. The SMILES string of the molecule is O=S(=O)(CCCCO)N1CCN(c2ccc3nc(OC4CCN(c5ccc(C(F)(F)F)cn5)CC4)sc3c2)CC1. The first-order valence-electron chi connectivity index (χ1n) is 13.3. The number of halogens is 3. The summed E-state index contributed by atoms with van der Waals surface area (Å²) in [6.45, 7) is 3.30. The van der Waals surface area contributed by atoms with Crippen LogP contribution in [0.25, 0.3) is 10.2 Å². The lowest BCUT2D eigenvalue weighted by molar-refractivity contribution is -0.137. The molecule has 0 saturated carbocycles. The molecule has 0 radical (unpaired) electrons. The van der Waals surface area contributed by atoms with Gasteiger partial charge in [0.15, 0.2) is 0 Å². The fourth-order valence-corrected chi connectivity index (χ4v) is 7.44. The molecule has 40 heavy (non-hydrogen) atoms. The minimum atomic E-state index is -4.40. The standard InChI is InChI=1S/C26H32F3N5O4S2/c27-26(28,29)19-3-6-24(30-18-19)33-9-7-21(8-10-33)38-25-31-22-5-4-20(17-23(22)39-25)32-11-13-34(14-12-32)40(36,37)16-2-1-15-35/h3-6,17-18,21,35H,1-2,7-16H2. The monoisotopic (exact) mass is 599 g/mol. The Labute approximate surface area is 235 Å². The van der Waals surface area contributed by atoms with Gasteiger partial charge in [0.1, 0.15) is 11.9 Å². The number of thiazole rings is 1. The molecule has 0 unspecified atom stereocenters. The first kappa shape index (κ1) is 28.8. The Morgan fingerprint density at radius 1 is 1.00 bits per heavy atom. The molecule has 0 atom stereocenters. The average molecular weight is 600 g/mol. The van der Waals surface area contributed by atoms with Crippen LogP contribution in [0.2, 0.25) is 0 Å². The highest BCUT2D eigenvalue weighted by Crippen LogP contribution is 2.34. The number of hydrogen-bond acceptors (Lipinski definition) is 9. The quantitative estimate of drug-likeness (QED) is 0.369. The summed E-state index contributed by atoms with van der Waals surface area (Å²) in [5.41, 5.74) is 1.09. The number of alkyl halides is 3. The van der Waals surface area contributed by atoms with Gasteiger partial charge in [0.05, 0.1) is 21.5 Å². The second-order valence-electron chi connectivity index (χ2n) is 9.97. The molecule has 1 aromatic carbocycles. The van der Waals surface area contributed by atoms with Crippen LogP contribution in [0.4, 0.5) is 24.7 Å². The number of aromatic nitrogens is 2. The fraction of sp³-hybridized carbons (Fsp3) is 0.538. The van der Waals surface area contributed by atoms with E-state index in [4.69, 9.17) is 9.84 Å². The summed E-state index contributed by atoms with van der Waals surface area (Å²) < 4.78 is 72.2. The van der Waals surface area contributed by atoms with Crippen molar-refractivity contribution in [1.29, 1.82) is 0 Å². The van der Waals surface area contributed by atoms with E-state index in [0.717, 1.165) is 28.2 Å². The van der Waals surface area contributed by atoms with E-state index in [2.05, 4.69) is 20.9 Å². The number of aliphatic hydroxyl groups excluding tert-OH is 1. The zero-order valence-corrected chi connectivity index (χ0v) is 23.5. The third-order valence-corrected chi connectivity index (χ3v) is 10.1. The summed E-state index contributed by atoms with van der Waals surface area (Å²) in [5, 5.41) is 9.49. The maximum Gasteiger partial charge on any atom is 0.417 e. The van der Waals surface area contributed by atoms with E-state index in [1.54, 1.807) is 0 Å². The van der Waals surface area contributed by atoms with Crippen LogP contribution in [0.3, 0.4) is 0 Å². The van der Waals surface area contributed by atoms with Gasteiger partial charge in [-0.25, -0.2) is 18.4 Å². The van der Waals surface area contributed by atoms with Crippen LogP contribution in [0.5, 0.6) is 5.19 Å². The van der Waals surface area contributed by atoms with E-state index >= 15 is 0 Å². The number of benzene rings is 1. The molecule has 2 aliphatic heterocycles. The molecule has 218 valence electrons. The zero-order chi connectivity index (χ0) is 28.3. The molecular formula is C26H32F3N5O4S2. The predicted octanol–water partition coefficient (Wildman–Crippen LogP) is 3.98. The summed E-state index contributed by atoms with van der Waals surface area (Å²) in [6, 6.07) is 8.47. The van der Waals surface area contributed by atoms with Gasteiger partial charge in [0, 0.05) is 70.6 Å². The minimum absolute atomic E-state index is 0.00103. The summed E-state index contributed by atoms with van der Waals surface area (Å²) in [5.74, 6) is 0.591. The average Bonchev–Trinajstić information content (AvgIpc) is 3.35. The van der Waals surface area contributed by atoms with Crippen LogP contribution < -0.4 is 14.5 Å². The maximum atomic E-state index is 12.8. The van der Waals surface area contributed by atoms with E-state index in [1.807, 2.05) is 17.0 Å². The van der Waals surface area contributed by atoms with Crippen molar-refractivity contribution >= 4 is 43.1 Å². The Balaban J connectivity index is 1.14. The highest BCUT2D eigenvalue weighted by molar-refractivity contribution is 7.89. The summed E-state index contributed by atoms with van der Waals surface area (Å²) in [6.07, 6.45) is -1.22. The van der Waals surface area contributed by atoms with Gasteiger partial charge in [0.2, 0.25) is 10.0 Å². The minimum Gasteiger partial charge on any atom is -0.467 e. The molecule has 0 amide bonds. The lowest BCUT2D eigenvalue weighted by atomic mass is 10.1. The van der Waals surface area contributed by atoms with E-state index in [9.17, 15) is 21.6 Å². The maximum absolute atomic E-state index is 12.8. The number of fused-ring (bicyclic) bond motifs is 1. The molecule has 2 fully saturated rings. The second-order valence-corrected chi connectivity index (χ2v) is 13.1. The Kier molecular flexibility index (Phi) is 8.69. The van der Waals surface area contributed by atoms with Crippen molar-refractivity contribution in [2.75, 3.05) is 61.4 Å². The van der Waals surface area contributed by atoms with E-state index < -0.39 is 21.8 Å². The molecule has 2 saturated heterocycles. The first-order chi connectivity index (χ1) is 19.1. The number of sulfonamides is 1. The number of ether oxygens (including phenoxy) is 1. The highest BCUT2D eigenvalue weighted by atomic mass is 32.2. The van der Waals surface area contributed by atoms with Crippen LogP contribution in [0.1, 0.15) is 31.2 Å². The number of hydrogen-bond donors (Lipinski definition) is 1. The molecule has 0 aliphatic carbocycles.